The zero-order chi connectivity index (χ0) is 6.97. The summed E-state index contributed by atoms with van der Waals surface area (Å²) in [4.78, 5) is 10.5. The van der Waals surface area contributed by atoms with Crippen LogP contribution in [0.3, 0.4) is 0 Å². The van der Waals surface area contributed by atoms with Crippen molar-refractivity contribution in [3.05, 3.63) is 12.2 Å². The zero-order valence-corrected chi connectivity index (χ0v) is 5.81. The molecule has 52 valence electrons. The average molecular weight is 135 g/mol. The van der Waals surface area contributed by atoms with Crippen molar-refractivity contribution >= 4 is 12.6 Å². The lowest BCUT2D eigenvalue weighted by atomic mass is 10.2. The van der Waals surface area contributed by atoms with Crippen LogP contribution in [0, 0.1) is 0 Å². The molecule has 3 heteroatoms. The highest BCUT2D eigenvalue weighted by molar-refractivity contribution is 5.74. The molecule has 0 radical (unpaired) electrons. The van der Waals surface area contributed by atoms with Crippen molar-refractivity contribution in [1.82, 2.24) is 4.90 Å². The molecule has 0 aromatic heterocycles. The molecule has 0 bridgehead atoms. The molecular formula is C7H9N3. The molecule has 0 aliphatic carbocycles. The quantitative estimate of drug-likeness (QED) is 0.469. The van der Waals surface area contributed by atoms with Gasteiger partial charge in [-0.05, 0) is 6.08 Å². The molecular weight excluding hydrogens is 126 g/mol. The second-order valence-corrected chi connectivity index (χ2v) is 2.52. The number of aliphatic imine (C=N–C) groups is 2. The first-order valence-electron chi connectivity index (χ1n) is 3.33. The van der Waals surface area contributed by atoms with Crippen LogP contribution in [0.1, 0.15) is 0 Å². The van der Waals surface area contributed by atoms with Crippen LogP contribution in [-0.2, 0) is 0 Å². The van der Waals surface area contributed by atoms with Crippen molar-refractivity contribution in [3.8, 4) is 0 Å². The smallest absolute Gasteiger partial charge is 0.147 e. The number of fused-ring (bicyclic) bond motifs is 1. The highest BCUT2D eigenvalue weighted by Crippen LogP contribution is 2.15. The summed E-state index contributed by atoms with van der Waals surface area (Å²) >= 11 is 0. The Morgan fingerprint density at radius 3 is 3.10 bits per heavy atom. The van der Waals surface area contributed by atoms with E-state index in [0.717, 1.165) is 0 Å². The molecule has 2 rings (SSSR count). The van der Waals surface area contributed by atoms with Gasteiger partial charge in [0.2, 0.25) is 0 Å². The summed E-state index contributed by atoms with van der Waals surface area (Å²) in [6.45, 7) is 0. The normalized spacial score (nSPS) is 35.1. The number of rotatable bonds is 0. The Morgan fingerprint density at radius 1 is 1.40 bits per heavy atom. The van der Waals surface area contributed by atoms with Gasteiger partial charge in [-0.25, -0.2) is 0 Å². The van der Waals surface area contributed by atoms with Crippen molar-refractivity contribution in [3.63, 3.8) is 0 Å². The molecule has 10 heavy (non-hydrogen) atoms. The molecule has 2 unspecified atom stereocenters. The first-order chi connectivity index (χ1) is 4.88. The first kappa shape index (κ1) is 5.65. The van der Waals surface area contributed by atoms with Crippen molar-refractivity contribution in [2.45, 2.75) is 12.2 Å². The van der Waals surface area contributed by atoms with Crippen molar-refractivity contribution in [1.29, 1.82) is 0 Å². The van der Waals surface area contributed by atoms with E-state index in [1.165, 1.54) is 0 Å². The van der Waals surface area contributed by atoms with Crippen molar-refractivity contribution < 1.29 is 0 Å². The molecule has 0 saturated carbocycles. The summed E-state index contributed by atoms with van der Waals surface area (Å²) in [5.41, 5.74) is 0. The van der Waals surface area contributed by atoms with E-state index < -0.39 is 0 Å². The maximum absolute atomic E-state index is 4.26. The number of hydrogen-bond acceptors (Lipinski definition) is 3. The van der Waals surface area contributed by atoms with Crippen LogP contribution in [0.25, 0.3) is 0 Å². The number of likely N-dealkylation sites (N-methyl/N-ethyl adjacent to an activating group) is 1. The fraction of sp³-hybridized carbons (Fsp3) is 0.429. The summed E-state index contributed by atoms with van der Waals surface area (Å²) < 4.78 is 0. The van der Waals surface area contributed by atoms with Gasteiger partial charge >= 0.3 is 0 Å². The maximum Gasteiger partial charge on any atom is 0.147 e. The number of hydrogen-bond donors (Lipinski definition) is 0. The van der Waals surface area contributed by atoms with Crippen molar-refractivity contribution in [2.75, 3.05) is 7.05 Å². The van der Waals surface area contributed by atoms with Crippen molar-refractivity contribution in [2.24, 2.45) is 9.98 Å². The second kappa shape index (κ2) is 1.94. The molecule has 0 aromatic rings. The van der Waals surface area contributed by atoms with Crippen LogP contribution in [0.5, 0.6) is 0 Å². The molecule has 0 amide bonds. The van der Waals surface area contributed by atoms with Gasteiger partial charge in [-0.1, -0.05) is 6.08 Å². The van der Waals surface area contributed by atoms with E-state index in [1.54, 1.807) is 0 Å². The molecule has 0 N–H and O–H groups in total. The molecule has 2 aliphatic rings. The van der Waals surface area contributed by atoms with E-state index in [-0.39, 0.29) is 12.2 Å². The van der Waals surface area contributed by atoms with Gasteiger partial charge in [-0.2, -0.15) is 0 Å². The summed E-state index contributed by atoms with van der Waals surface area (Å²) in [5, 5.41) is 0. The first-order valence-corrected chi connectivity index (χ1v) is 3.33. The lowest BCUT2D eigenvalue weighted by Gasteiger charge is -2.19. The molecule has 0 fully saturated rings. The van der Waals surface area contributed by atoms with Crippen LogP contribution >= 0.6 is 0 Å². The topological polar surface area (TPSA) is 28.0 Å². The SMILES string of the molecule is CN1C=NC2C=CC=NC21. The standard InChI is InChI=1S/C7H9N3/c1-10-5-9-6-3-2-4-8-7(6)10/h2-7H,1H3. The largest absolute Gasteiger partial charge is 0.342 e. The Labute approximate surface area is 59.8 Å². The fourth-order valence-corrected chi connectivity index (χ4v) is 1.21. The monoisotopic (exact) mass is 135 g/mol. The second-order valence-electron chi connectivity index (χ2n) is 2.52. The highest BCUT2D eigenvalue weighted by Gasteiger charge is 2.25. The summed E-state index contributed by atoms with van der Waals surface area (Å²) in [5.74, 6) is 0. The Balaban J connectivity index is 2.26. The predicted molar refractivity (Wildman–Crippen MR) is 41.5 cm³/mol. The lowest BCUT2D eigenvalue weighted by Crippen LogP contribution is -2.31. The van der Waals surface area contributed by atoms with E-state index in [9.17, 15) is 0 Å². The molecule has 2 atom stereocenters. The van der Waals surface area contributed by atoms with E-state index in [0.29, 0.717) is 0 Å². The molecule has 0 spiro atoms. The Bertz CT molecular complexity index is 217. The van der Waals surface area contributed by atoms with Gasteiger partial charge in [0.25, 0.3) is 0 Å². The predicted octanol–water partition coefficient (Wildman–Crippen LogP) is 0.295. The Kier molecular flexibility index (Phi) is 1.09. The van der Waals surface area contributed by atoms with Crippen LogP contribution in [0.2, 0.25) is 0 Å². The molecule has 0 saturated heterocycles. The van der Waals surface area contributed by atoms with Crippen LogP contribution in [-0.4, -0.2) is 36.7 Å². The van der Waals surface area contributed by atoms with Gasteiger partial charge in [-0.3, -0.25) is 9.98 Å². The third kappa shape index (κ3) is 0.667. The minimum Gasteiger partial charge on any atom is -0.342 e. The van der Waals surface area contributed by atoms with Crippen LogP contribution in [0.4, 0.5) is 0 Å². The Morgan fingerprint density at radius 2 is 2.30 bits per heavy atom. The zero-order valence-electron chi connectivity index (χ0n) is 5.81. The van der Waals surface area contributed by atoms with Gasteiger partial charge in [-0.15, -0.1) is 0 Å². The minimum atomic E-state index is 0.227. The fourth-order valence-electron chi connectivity index (χ4n) is 1.21. The molecule has 2 heterocycles. The summed E-state index contributed by atoms with van der Waals surface area (Å²) in [7, 11) is 1.99. The molecule has 3 nitrogen and oxygen atoms in total. The van der Waals surface area contributed by atoms with Gasteiger partial charge in [0.05, 0.1) is 6.34 Å². The van der Waals surface area contributed by atoms with E-state index in [4.69, 9.17) is 0 Å². The summed E-state index contributed by atoms with van der Waals surface area (Å²) in [6.07, 6.45) is 7.90. The van der Waals surface area contributed by atoms with Gasteiger partial charge in [0, 0.05) is 13.3 Å². The van der Waals surface area contributed by atoms with E-state index >= 15 is 0 Å². The van der Waals surface area contributed by atoms with Crippen LogP contribution in [0.15, 0.2) is 22.1 Å². The van der Waals surface area contributed by atoms with E-state index in [2.05, 4.69) is 16.1 Å². The van der Waals surface area contributed by atoms with Gasteiger partial charge < -0.3 is 4.90 Å². The molecule has 2 aliphatic heterocycles. The number of dihydropyridines is 1. The highest BCUT2D eigenvalue weighted by atomic mass is 15.3. The average Bonchev–Trinajstić information content (AvgIpc) is 2.34. The van der Waals surface area contributed by atoms with Crippen LogP contribution < -0.4 is 0 Å². The minimum absolute atomic E-state index is 0.227. The lowest BCUT2D eigenvalue weighted by molar-refractivity contribution is 0.393. The number of allylic oxidation sites excluding steroid dienone is 1. The number of nitrogens with zero attached hydrogens (tertiary/aromatic N) is 3. The maximum atomic E-state index is 4.26. The molecule has 0 aromatic carbocycles. The third-order valence-electron chi connectivity index (χ3n) is 1.78. The third-order valence-corrected chi connectivity index (χ3v) is 1.78. The van der Waals surface area contributed by atoms with Gasteiger partial charge in [0.15, 0.2) is 0 Å². The van der Waals surface area contributed by atoms with Gasteiger partial charge in [0.1, 0.15) is 12.2 Å². The summed E-state index contributed by atoms with van der Waals surface area (Å²) in [6, 6.07) is 0.259. The Hall–Kier alpha value is -1.12. The van der Waals surface area contributed by atoms with E-state index in [1.807, 2.05) is 30.6 Å².